The van der Waals surface area contributed by atoms with Gasteiger partial charge in [0.05, 0.1) is 0 Å². The highest BCUT2D eigenvalue weighted by Crippen LogP contribution is 2.31. The zero-order valence-electron chi connectivity index (χ0n) is 4.74. The molecule has 1 aromatic rings. The Bertz CT molecular complexity index is 209. The van der Waals surface area contributed by atoms with Crippen LogP contribution in [-0.2, 0) is 0 Å². The van der Waals surface area contributed by atoms with Crippen LogP contribution in [0.2, 0.25) is 0 Å². The monoisotopic (exact) mass is 344 g/mol. The lowest BCUT2D eigenvalue weighted by atomic mass is 10.4. The zero-order chi connectivity index (χ0) is 7.72. The quantitative estimate of drug-likeness (QED) is 0.526. The molecule has 0 amide bonds. The molecule has 0 saturated carbocycles. The summed E-state index contributed by atoms with van der Waals surface area (Å²) in [7, 11) is 0. The van der Waals surface area contributed by atoms with Crippen LogP contribution in [0.5, 0.6) is 0 Å². The Hall–Kier alpha value is 1.01. The second-order valence-electron chi connectivity index (χ2n) is 1.72. The van der Waals surface area contributed by atoms with Crippen molar-refractivity contribution in [3.63, 3.8) is 0 Å². The van der Waals surface area contributed by atoms with Crippen LogP contribution < -0.4 is 0 Å². The van der Waals surface area contributed by atoms with E-state index >= 15 is 0 Å². The van der Waals surface area contributed by atoms with Crippen molar-refractivity contribution in [2.45, 2.75) is 4.90 Å². The van der Waals surface area contributed by atoms with Gasteiger partial charge in [-0.2, -0.15) is 0 Å². The molecule has 4 heteroatoms. The summed E-state index contributed by atoms with van der Waals surface area (Å²) >= 11 is 14.3. The smallest absolute Gasteiger partial charge is 0.0329 e. The average Bonchev–Trinajstić information content (AvgIpc) is 1.84. The summed E-state index contributed by atoms with van der Waals surface area (Å²) in [6.45, 7) is 0. The van der Waals surface area contributed by atoms with Crippen molar-refractivity contribution < 1.29 is 0 Å². The van der Waals surface area contributed by atoms with E-state index < -0.39 is 0 Å². The summed E-state index contributed by atoms with van der Waals surface area (Å²) in [6.07, 6.45) is 0. The Kier molecular flexibility index (Phi) is 3.28. The van der Waals surface area contributed by atoms with Crippen molar-refractivity contribution in [1.29, 1.82) is 0 Å². The molecule has 1 aromatic carbocycles. The third-order valence-electron chi connectivity index (χ3n) is 0.990. The predicted octanol–water partition coefficient (Wildman–Crippen LogP) is 4.26. The van der Waals surface area contributed by atoms with Gasteiger partial charge < -0.3 is 0 Å². The average molecular weight is 347 g/mol. The minimum atomic E-state index is 0.926. The highest BCUT2D eigenvalue weighted by Gasteiger charge is 2.00. The molecule has 0 aromatic heterocycles. The first-order valence-corrected chi connectivity index (χ1v) is 5.27. The van der Waals surface area contributed by atoms with Crippen LogP contribution in [0.3, 0.4) is 0 Å². The molecule has 0 atom stereocenters. The van der Waals surface area contributed by atoms with Crippen LogP contribution in [-0.4, -0.2) is 0 Å². The van der Waals surface area contributed by atoms with E-state index in [0.29, 0.717) is 0 Å². The maximum absolute atomic E-state index is 4.22. The van der Waals surface area contributed by atoms with E-state index in [4.69, 9.17) is 0 Å². The summed E-state index contributed by atoms with van der Waals surface area (Å²) in [5, 5.41) is 0. The lowest BCUT2D eigenvalue weighted by molar-refractivity contribution is 1.37. The normalized spacial score (nSPS) is 10.0. The molecule has 0 heterocycles. The number of hydrogen-bond acceptors (Lipinski definition) is 1. The van der Waals surface area contributed by atoms with E-state index in [1.165, 1.54) is 0 Å². The van der Waals surface area contributed by atoms with Crippen LogP contribution in [0, 0.1) is 0 Å². The fourth-order valence-electron chi connectivity index (χ4n) is 0.512. The van der Waals surface area contributed by atoms with E-state index in [1.54, 1.807) is 0 Å². The Labute approximate surface area is 90.2 Å². The van der Waals surface area contributed by atoms with Gasteiger partial charge in [-0.25, -0.2) is 0 Å². The standard InChI is InChI=1S/C6H3Br3S/c7-3-1-5(9)6(10)2-4(3)8/h1-2,10H. The van der Waals surface area contributed by atoms with E-state index in [9.17, 15) is 0 Å². The van der Waals surface area contributed by atoms with E-state index in [1.807, 2.05) is 12.1 Å². The fraction of sp³-hybridized carbons (Fsp3) is 0. The molecule has 10 heavy (non-hydrogen) atoms. The van der Waals surface area contributed by atoms with E-state index in [-0.39, 0.29) is 0 Å². The van der Waals surface area contributed by atoms with E-state index in [2.05, 4.69) is 60.4 Å². The highest BCUT2D eigenvalue weighted by molar-refractivity contribution is 9.13. The van der Waals surface area contributed by atoms with E-state index in [0.717, 1.165) is 18.3 Å². The summed E-state index contributed by atoms with van der Waals surface area (Å²) in [5.74, 6) is 0. The molecule has 0 aliphatic rings. The van der Waals surface area contributed by atoms with Crippen molar-refractivity contribution in [1.82, 2.24) is 0 Å². The Balaban J connectivity index is 3.28. The maximum atomic E-state index is 4.22. The van der Waals surface area contributed by atoms with Crippen molar-refractivity contribution >= 4 is 60.4 Å². The second-order valence-corrected chi connectivity index (χ2v) is 4.76. The van der Waals surface area contributed by atoms with Gasteiger partial charge in [-0.3, -0.25) is 0 Å². The first-order valence-electron chi connectivity index (χ1n) is 2.45. The van der Waals surface area contributed by atoms with Crippen LogP contribution >= 0.6 is 60.4 Å². The van der Waals surface area contributed by atoms with Gasteiger partial charge in [0, 0.05) is 18.3 Å². The summed E-state index contributed by atoms with van der Waals surface area (Å²) in [5.41, 5.74) is 0. The number of thiol groups is 1. The molecule has 0 fully saturated rings. The first kappa shape index (κ1) is 9.10. The summed E-state index contributed by atoms with van der Waals surface area (Å²) < 4.78 is 3.03. The third-order valence-corrected chi connectivity index (χ3v) is 4.17. The molecular formula is C6H3Br3S. The van der Waals surface area contributed by atoms with Gasteiger partial charge in [0.2, 0.25) is 0 Å². The molecule has 1 rings (SSSR count). The zero-order valence-corrected chi connectivity index (χ0v) is 10.4. The molecule has 0 spiro atoms. The number of halogens is 3. The SMILES string of the molecule is Sc1cc(Br)c(Br)cc1Br. The van der Waals surface area contributed by atoms with Crippen LogP contribution in [0.1, 0.15) is 0 Å². The molecule has 0 unspecified atom stereocenters. The molecule has 0 N–H and O–H groups in total. The molecule has 0 aliphatic carbocycles. The van der Waals surface area contributed by atoms with Gasteiger partial charge >= 0.3 is 0 Å². The van der Waals surface area contributed by atoms with Crippen LogP contribution in [0.4, 0.5) is 0 Å². The molecule has 54 valence electrons. The van der Waals surface area contributed by atoms with Gasteiger partial charge in [0.15, 0.2) is 0 Å². The first-order chi connectivity index (χ1) is 4.61. The van der Waals surface area contributed by atoms with Crippen LogP contribution in [0.15, 0.2) is 30.4 Å². The molecule has 0 aliphatic heterocycles. The molecule has 0 saturated heterocycles. The Morgan fingerprint density at radius 2 is 1.40 bits per heavy atom. The topological polar surface area (TPSA) is 0 Å². The van der Waals surface area contributed by atoms with Gasteiger partial charge in [0.1, 0.15) is 0 Å². The van der Waals surface area contributed by atoms with Crippen molar-refractivity contribution in [3.8, 4) is 0 Å². The fourth-order valence-corrected chi connectivity index (χ4v) is 2.22. The second kappa shape index (κ2) is 3.61. The minimum absolute atomic E-state index is 0.926. The van der Waals surface area contributed by atoms with Crippen LogP contribution in [0.25, 0.3) is 0 Å². The van der Waals surface area contributed by atoms with Crippen molar-refractivity contribution in [2.24, 2.45) is 0 Å². The molecule has 0 nitrogen and oxygen atoms in total. The number of rotatable bonds is 0. The molecule has 0 radical (unpaired) electrons. The maximum Gasteiger partial charge on any atom is 0.0329 e. The summed E-state index contributed by atoms with van der Waals surface area (Å²) in [6, 6.07) is 3.88. The third kappa shape index (κ3) is 2.00. The minimum Gasteiger partial charge on any atom is -0.142 e. The van der Waals surface area contributed by atoms with Gasteiger partial charge in [-0.1, -0.05) is 0 Å². The molecular weight excluding hydrogens is 344 g/mol. The lowest BCUT2D eigenvalue weighted by Gasteiger charge is -1.99. The highest BCUT2D eigenvalue weighted by atomic mass is 79.9. The largest absolute Gasteiger partial charge is 0.142 e. The van der Waals surface area contributed by atoms with Crippen molar-refractivity contribution in [2.75, 3.05) is 0 Å². The number of benzene rings is 1. The van der Waals surface area contributed by atoms with Crippen molar-refractivity contribution in [3.05, 3.63) is 25.6 Å². The lowest BCUT2D eigenvalue weighted by Crippen LogP contribution is -1.72. The molecule has 0 bridgehead atoms. The predicted molar refractivity (Wildman–Crippen MR) is 56.8 cm³/mol. The van der Waals surface area contributed by atoms with Gasteiger partial charge in [-0.05, 0) is 59.9 Å². The number of hydrogen-bond donors (Lipinski definition) is 1. The Morgan fingerprint density at radius 3 is 1.90 bits per heavy atom. The van der Waals surface area contributed by atoms with Gasteiger partial charge in [0.25, 0.3) is 0 Å². The van der Waals surface area contributed by atoms with Gasteiger partial charge in [-0.15, -0.1) is 12.6 Å². The summed E-state index contributed by atoms with van der Waals surface area (Å²) in [4.78, 5) is 0.926. The Morgan fingerprint density at radius 1 is 0.900 bits per heavy atom.